The Labute approximate surface area is 183 Å². The molecule has 160 valence electrons. The number of benzene rings is 2. The number of amides is 1. The van der Waals surface area contributed by atoms with E-state index < -0.39 is 0 Å². The molecular formula is C24H29ClN2O3. The molecule has 1 saturated heterocycles. The van der Waals surface area contributed by atoms with Gasteiger partial charge in [0.05, 0.1) is 13.2 Å². The Morgan fingerprint density at radius 1 is 1.07 bits per heavy atom. The Balaban J connectivity index is 1.60. The Morgan fingerprint density at radius 3 is 2.47 bits per heavy atom. The van der Waals surface area contributed by atoms with E-state index in [4.69, 9.17) is 21.1 Å². The number of anilines is 1. The summed E-state index contributed by atoms with van der Waals surface area (Å²) in [5.41, 5.74) is 3.23. The summed E-state index contributed by atoms with van der Waals surface area (Å²) in [5, 5.41) is 0.734. The number of rotatable bonds is 6. The van der Waals surface area contributed by atoms with Crippen LogP contribution in [0, 0.1) is 6.92 Å². The number of hydrogen-bond donors (Lipinski definition) is 0. The first kappa shape index (κ1) is 22.0. The van der Waals surface area contributed by atoms with Crippen LogP contribution in [0.4, 0.5) is 5.69 Å². The van der Waals surface area contributed by atoms with E-state index in [1.807, 2.05) is 61.2 Å². The molecule has 0 aliphatic carbocycles. The number of ether oxygens (including phenoxy) is 2. The van der Waals surface area contributed by atoms with Gasteiger partial charge >= 0.3 is 0 Å². The largest absolute Gasteiger partial charge is 0.493 e. The van der Waals surface area contributed by atoms with Gasteiger partial charge in [-0.15, -0.1) is 0 Å². The van der Waals surface area contributed by atoms with Crippen LogP contribution in [-0.2, 0) is 4.79 Å². The zero-order chi connectivity index (χ0) is 21.7. The van der Waals surface area contributed by atoms with Crippen LogP contribution in [0.1, 0.15) is 25.0 Å². The van der Waals surface area contributed by atoms with Crippen molar-refractivity contribution in [1.82, 2.24) is 4.90 Å². The summed E-state index contributed by atoms with van der Waals surface area (Å²) in [7, 11) is 1.61. The highest BCUT2D eigenvalue weighted by Gasteiger charge is 2.21. The van der Waals surface area contributed by atoms with E-state index in [1.165, 1.54) is 5.56 Å². The molecular weight excluding hydrogens is 400 g/mol. The van der Waals surface area contributed by atoms with Crippen LogP contribution in [0.15, 0.2) is 42.5 Å². The molecule has 0 N–H and O–H groups in total. The summed E-state index contributed by atoms with van der Waals surface area (Å²) < 4.78 is 11.1. The average Bonchev–Trinajstić information content (AvgIpc) is 2.74. The Kier molecular flexibility index (Phi) is 7.27. The highest BCUT2D eigenvalue weighted by atomic mass is 35.5. The SMILES string of the molecule is COc1cc(/C=C/C(=O)N2CCN(c3cc(Cl)ccc3C)CC2)ccc1OC(C)C. The van der Waals surface area contributed by atoms with Gasteiger partial charge in [0, 0.05) is 43.0 Å². The molecule has 0 aromatic heterocycles. The minimum Gasteiger partial charge on any atom is -0.493 e. The summed E-state index contributed by atoms with van der Waals surface area (Å²) >= 11 is 6.15. The van der Waals surface area contributed by atoms with Crippen molar-refractivity contribution in [2.75, 3.05) is 38.2 Å². The molecule has 2 aromatic rings. The fraction of sp³-hybridized carbons (Fsp3) is 0.375. The van der Waals surface area contributed by atoms with Crippen molar-refractivity contribution in [2.24, 2.45) is 0 Å². The third-order valence-corrected chi connectivity index (χ3v) is 5.31. The summed E-state index contributed by atoms with van der Waals surface area (Å²) in [6, 6.07) is 11.6. The lowest BCUT2D eigenvalue weighted by Crippen LogP contribution is -2.48. The molecule has 0 saturated carbocycles. The van der Waals surface area contributed by atoms with Crippen LogP contribution in [0.5, 0.6) is 11.5 Å². The van der Waals surface area contributed by atoms with Crippen LogP contribution in [0.25, 0.3) is 6.08 Å². The van der Waals surface area contributed by atoms with Gasteiger partial charge in [0.2, 0.25) is 5.91 Å². The normalized spacial score (nSPS) is 14.5. The lowest BCUT2D eigenvalue weighted by molar-refractivity contribution is -0.126. The van der Waals surface area contributed by atoms with Crippen molar-refractivity contribution in [2.45, 2.75) is 26.9 Å². The molecule has 1 aliphatic rings. The molecule has 1 amide bonds. The van der Waals surface area contributed by atoms with Crippen LogP contribution >= 0.6 is 11.6 Å². The van der Waals surface area contributed by atoms with Gasteiger partial charge in [0.25, 0.3) is 0 Å². The maximum absolute atomic E-state index is 12.6. The van der Waals surface area contributed by atoms with Crippen molar-refractivity contribution in [1.29, 1.82) is 0 Å². The highest BCUT2D eigenvalue weighted by molar-refractivity contribution is 6.30. The topological polar surface area (TPSA) is 42.0 Å². The fourth-order valence-corrected chi connectivity index (χ4v) is 3.67. The number of carbonyl (C=O) groups excluding carboxylic acids is 1. The predicted octanol–water partition coefficient (Wildman–Crippen LogP) is 4.81. The van der Waals surface area contributed by atoms with Crippen molar-refractivity contribution in [3.63, 3.8) is 0 Å². The van der Waals surface area contributed by atoms with Crippen LogP contribution < -0.4 is 14.4 Å². The van der Waals surface area contributed by atoms with Gasteiger partial charge in [-0.25, -0.2) is 0 Å². The first-order valence-corrected chi connectivity index (χ1v) is 10.6. The van der Waals surface area contributed by atoms with Crippen LogP contribution in [-0.4, -0.2) is 50.2 Å². The van der Waals surface area contributed by atoms with Gasteiger partial charge in [-0.2, -0.15) is 0 Å². The van der Waals surface area contributed by atoms with Gasteiger partial charge in [-0.05, 0) is 62.2 Å². The number of hydrogen-bond acceptors (Lipinski definition) is 4. The maximum Gasteiger partial charge on any atom is 0.246 e. The predicted molar refractivity (Wildman–Crippen MR) is 123 cm³/mol. The molecule has 0 unspecified atom stereocenters. The molecule has 0 spiro atoms. The fourth-order valence-electron chi connectivity index (χ4n) is 3.50. The zero-order valence-electron chi connectivity index (χ0n) is 18.0. The van der Waals surface area contributed by atoms with Crippen LogP contribution in [0.2, 0.25) is 5.02 Å². The molecule has 5 nitrogen and oxygen atoms in total. The van der Waals surface area contributed by atoms with E-state index in [0.29, 0.717) is 24.6 Å². The van der Waals surface area contributed by atoms with E-state index in [9.17, 15) is 4.79 Å². The Hall–Kier alpha value is -2.66. The molecule has 0 atom stereocenters. The third-order valence-electron chi connectivity index (χ3n) is 5.07. The monoisotopic (exact) mass is 428 g/mol. The number of carbonyl (C=O) groups is 1. The number of aryl methyl sites for hydroxylation is 1. The van der Waals surface area contributed by atoms with Gasteiger partial charge < -0.3 is 19.3 Å². The molecule has 1 fully saturated rings. The lowest BCUT2D eigenvalue weighted by Gasteiger charge is -2.36. The standard InChI is InChI=1S/C24H29ClN2O3/c1-17(2)30-22-9-6-19(15-23(22)29-4)7-10-24(28)27-13-11-26(12-14-27)21-16-20(25)8-5-18(21)3/h5-10,15-17H,11-14H2,1-4H3/b10-7+. The summed E-state index contributed by atoms with van der Waals surface area (Å²) in [6.45, 7) is 8.96. The van der Waals surface area contributed by atoms with E-state index in [0.717, 1.165) is 29.4 Å². The summed E-state index contributed by atoms with van der Waals surface area (Å²) in [6.07, 6.45) is 3.51. The van der Waals surface area contributed by atoms with Crippen molar-refractivity contribution < 1.29 is 14.3 Å². The first-order valence-electron chi connectivity index (χ1n) is 10.2. The molecule has 3 rings (SSSR count). The zero-order valence-corrected chi connectivity index (χ0v) is 18.8. The number of nitrogens with zero attached hydrogens (tertiary/aromatic N) is 2. The molecule has 1 heterocycles. The minimum atomic E-state index is 0.0129. The third kappa shape index (κ3) is 5.48. The van der Waals surface area contributed by atoms with Gasteiger partial charge in [0.1, 0.15) is 0 Å². The van der Waals surface area contributed by atoms with Crippen LogP contribution in [0.3, 0.4) is 0 Å². The molecule has 0 radical (unpaired) electrons. The van der Waals surface area contributed by atoms with Gasteiger partial charge in [0.15, 0.2) is 11.5 Å². The number of piperazine rings is 1. The van der Waals surface area contributed by atoms with E-state index in [-0.39, 0.29) is 12.0 Å². The summed E-state index contributed by atoms with van der Waals surface area (Å²) in [5.74, 6) is 1.37. The Morgan fingerprint density at radius 2 is 1.80 bits per heavy atom. The van der Waals surface area contributed by atoms with Gasteiger partial charge in [-0.3, -0.25) is 4.79 Å². The first-order chi connectivity index (χ1) is 14.4. The second-order valence-electron chi connectivity index (χ2n) is 7.65. The number of halogens is 1. The van der Waals surface area contributed by atoms with E-state index in [2.05, 4.69) is 11.8 Å². The molecule has 6 heteroatoms. The average molecular weight is 429 g/mol. The molecule has 0 bridgehead atoms. The molecule has 2 aromatic carbocycles. The Bertz CT molecular complexity index is 919. The van der Waals surface area contributed by atoms with Gasteiger partial charge in [-0.1, -0.05) is 23.7 Å². The maximum atomic E-state index is 12.6. The second-order valence-corrected chi connectivity index (χ2v) is 8.09. The smallest absolute Gasteiger partial charge is 0.246 e. The minimum absolute atomic E-state index is 0.0129. The number of methoxy groups -OCH3 is 1. The lowest BCUT2D eigenvalue weighted by atomic mass is 10.1. The second kappa shape index (κ2) is 9.90. The molecule has 1 aliphatic heterocycles. The van der Waals surface area contributed by atoms with Crippen molar-refractivity contribution in [3.05, 3.63) is 58.6 Å². The van der Waals surface area contributed by atoms with Crippen molar-refractivity contribution >= 4 is 29.3 Å². The van der Waals surface area contributed by atoms with E-state index in [1.54, 1.807) is 13.2 Å². The highest BCUT2D eigenvalue weighted by Crippen LogP contribution is 2.29. The summed E-state index contributed by atoms with van der Waals surface area (Å²) in [4.78, 5) is 16.8. The molecule has 30 heavy (non-hydrogen) atoms. The van der Waals surface area contributed by atoms with Crippen molar-refractivity contribution in [3.8, 4) is 11.5 Å². The quantitative estimate of drug-likeness (QED) is 0.619. The van der Waals surface area contributed by atoms with E-state index >= 15 is 0 Å².